The van der Waals surface area contributed by atoms with E-state index in [9.17, 15) is 4.79 Å². The van der Waals surface area contributed by atoms with Gasteiger partial charge in [-0.1, -0.05) is 44.5 Å². The first kappa shape index (κ1) is 22.5. The molecule has 164 valence electrons. The summed E-state index contributed by atoms with van der Waals surface area (Å²) in [5.74, 6) is 0.585. The largest absolute Gasteiger partial charge is 0.352 e. The second kappa shape index (κ2) is 10.3. The van der Waals surface area contributed by atoms with Crippen LogP contribution in [0.5, 0.6) is 0 Å². The van der Waals surface area contributed by atoms with E-state index in [1.54, 1.807) is 0 Å². The molecule has 1 aliphatic heterocycles. The van der Waals surface area contributed by atoms with E-state index in [2.05, 4.69) is 67.3 Å². The molecule has 1 N–H and O–H groups in total. The lowest BCUT2D eigenvalue weighted by Crippen LogP contribution is -2.36. The molecule has 0 radical (unpaired) electrons. The van der Waals surface area contributed by atoms with Gasteiger partial charge >= 0.3 is 0 Å². The topological polar surface area (TPSA) is 50.2 Å². The summed E-state index contributed by atoms with van der Waals surface area (Å²) in [7, 11) is 0. The number of aromatic nitrogens is 2. The van der Waals surface area contributed by atoms with E-state index < -0.39 is 0 Å². The monoisotopic (exact) mass is 410 g/mol. The zero-order valence-corrected chi connectivity index (χ0v) is 19.4. The van der Waals surface area contributed by atoms with Crippen molar-refractivity contribution >= 4 is 5.91 Å². The molecule has 1 fully saturated rings. The van der Waals surface area contributed by atoms with Crippen LogP contribution in [-0.4, -0.2) is 33.2 Å². The molecular formula is C25H38N4O. The smallest absolute Gasteiger partial charge is 0.224 e. The molecule has 1 aromatic heterocycles. The third-order valence-corrected chi connectivity index (χ3v) is 6.25. The third-order valence-electron chi connectivity index (χ3n) is 6.25. The molecule has 0 spiro atoms. The van der Waals surface area contributed by atoms with Crippen molar-refractivity contribution in [3.05, 3.63) is 52.3 Å². The minimum atomic E-state index is 0.0523. The van der Waals surface area contributed by atoms with Gasteiger partial charge in [-0.05, 0) is 57.2 Å². The SMILES string of the molecule is Cc1nn(CC(C)C)c(C)c1CC(=O)NCc1ccc(CN2CCCCC2C)cc1. The molecule has 1 atom stereocenters. The average Bonchev–Trinajstić information content (AvgIpc) is 2.96. The lowest BCUT2D eigenvalue weighted by Gasteiger charge is -2.33. The normalized spacial score (nSPS) is 17.5. The Labute approximate surface area is 181 Å². The fourth-order valence-corrected chi connectivity index (χ4v) is 4.33. The summed E-state index contributed by atoms with van der Waals surface area (Å²) in [5, 5.41) is 7.69. The van der Waals surface area contributed by atoms with E-state index in [0.29, 0.717) is 24.9 Å². The van der Waals surface area contributed by atoms with Crippen LogP contribution < -0.4 is 5.32 Å². The van der Waals surface area contributed by atoms with Crippen molar-refractivity contribution in [3.63, 3.8) is 0 Å². The van der Waals surface area contributed by atoms with Gasteiger partial charge in [-0.25, -0.2) is 0 Å². The number of hydrogen-bond acceptors (Lipinski definition) is 3. The van der Waals surface area contributed by atoms with Gasteiger partial charge < -0.3 is 5.32 Å². The lowest BCUT2D eigenvalue weighted by molar-refractivity contribution is -0.120. The highest BCUT2D eigenvalue weighted by molar-refractivity contribution is 5.79. The third kappa shape index (κ3) is 5.94. The maximum Gasteiger partial charge on any atom is 0.224 e. The van der Waals surface area contributed by atoms with Crippen LogP contribution >= 0.6 is 0 Å². The van der Waals surface area contributed by atoms with Gasteiger partial charge in [0.05, 0.1) is 12.1 Å². The first-order valence-corrected chi connectivity index (χ1v) is 11.4. The van der Waals surface area contributed by atoms with Crippen LogP contribution in [0.1, 0.15) is 68.1 Å². The summed E-state index contributed by atoms with van der Waals surface area (Å²) < 4.78 is 2.03. The number of piperidine rings is 1. The summed E-state index contributed by atoms with van der Waals surface area (Å²) in [6.45, 7) is 14.4. The van der Waals surface area contributed by atoms with Gasteiger partial charge in [0, 0.05) is 36.9 Å². The van der Waals surface area contributed by atoms with E-state index >= 15 is 0 Å². The molecule has 30 heavy (non-hydrogen) atoms. The average molecular weight is 411 g/mol. The van der Waals surface area contributed by atoms with Gasteiger partial charge in [0.2, 0.25) is 5.91 Å². The molecule has 5 heteroatoms. The van der Waals surface area contributed by atoms with Gasteiger partial charge in [0.15, 0.2) is 0 Å². The predicted molar refractivity (Wildman–Crippen MR) is 122 cm³/mol. The van der Waals surface area contributed by atoms with E-state index in [1.807, 2.05) is 11.6 Å². The summed E-state index contributed by atoms with van der Waals surface area (Å²) in [6, 6.07) is 9.36. The van der Waals surface area contributed by atoms with Crippen LogP contribution in [0.25, 0.3) is 0 Å². The maximum atomic E-state index is 12.5. The maximum absolute atomic E-state index is 12.5. The fraction of sp³-hybridized carbons (Fsp3) is 0.600. The van der Waals surface area contributed by atoms with E-state index in [0.717, 1.165) is 35.6 Å². The highest BCUT2D eigenvalue weighted by Gasteiger charge is 2.18. The summed E-state index contributed by atoms with van der Waals surface area (Å²) >= 11 is 0. The number of nitrogens with one attached hydrogen (secondary N) is 1. The molecule has 2 heterocycles. The van der Waals surface area contributed by atoms with Crippen molar-refractivity contribution in [3.8, 4) is 0 Å². The standard InChI is InChI=1S/C25H38N4O/c1-18(2)16-29-21(5)24(20(4)27-29)14-25(30)26-15-22-9-11-23(12-10-22)17-28-13-7-6-8-19(28)3/h9-12,18-19H,6-8,13-17H2,1-5H3,(H,26,30). The fourth-order valence-electron chi connectivity index (χ4n) is 4.33. The van der Waals surface area contributed by atoms with E-state index in [-0.39, 0.29) is 5.91 Å². The van der Waals surface area contributed by atoms with Crippen molar-refractivity contribution < 1.29 is 4.79 Å². The first-order valence-electron chi connectivity index (χ1n) is 11.4. The Morgan fingerprint density at radius 2 is 1.87 bits per heavy atom. The van der Waals surface area contributed by atoms with Crippen LogP contribution in [0.3, 0.4) is 0 Å². The van der Waals surface area contributed by atoms with Crippen LogP contribution in [0.2, 0.25) is 0 Å². The van der Waals surface area contributed by atoms with Gasteiger partial charge in [-0.3, -0.25) is 14.4 Å². The molecule has 1 aromatic carbocycles. The molecule has 1 amide bonds. The van der Waals surface area contributed by atoms with Crippen molar-refractivity contribution in [1.29, 1.82) is 0 Å². The van der Waals surface area contributed by atoms with Crippen molar-refractivity contribution in [2.24, 2.45) is 5.92 Å². The number of amides is 1. The van der Waals surface area contributed by atoms with E-state index in [4.69, 9.17) is 0 Å². The zero-order valence-electron chi connectivity index (χ0n) is 19.4. The van der Waals surface area contributed by atoms with Crippen molar-refractivity contribution in [2.75, 3.05) is 6.54 Å². The number of rotatable bonds is 8. The van der Waals surface area contributed by atoms with Gasteiger partial charge in [-0.2, -0.15) is 5.10 Å². The minimum Gasteiger partial charge on any atom is -0.352 e. The second-order valence-electron chi connectivity index (χ2n) is 9.31. The van der Waals surface area contributed by atoms with E-state index in [1.165, 1.54) is 31.4 Å². The first-order chi connectivity index (χ1) is 14.3. The van der Waals surface area contributed by atoms with Crippen LogP contribution in [0.4, 0.5) is 0 Å². The molecule has 3 rings (SSSR count). The number of carbonyl (C=O) groups is 1. The highest BCUT2D eigenvalue weighted by atomic mass is 16.1. The molecule has 1 saturated heterocycles. The Balaban J connectivity index is 1.51. The summed E-state index contributed by atoms with van der Waals surface area (Å²) in [5.41, 5.74) is 5.61. The molecular weight excluding hydrogens is 372 g/mol. The van der Waals surface area contributed by atoms with Gasteiger partial charge in [0.1, 0.15) is 0 Å². The molecule has 0 bridgehead atoms. The molecule has 5 nitrogen and oxygen atoms in total. The number of aryl methyl sites for hydroxylation is 1. The second-order valence-corrected chi connectivity index (χ2v) is 9.31. The minimum absolute atomic E-state index is 0.0523. The Morgan fingerprint density at radius 1 is 1.17 bits per heavy atom. The Hall–Kier alpha value is -2.14. The lowest BCUT2D eigenvalue weighted by atomic mass is 10.0. The summed E-state index contributed by atoms with van der Waals surface area (Å²) in [6.07, 6.45) is 4.36. The molecule has 2 aromatic rings. The Bertz CT molecular complexity index is 838. The number of hydrogen-bond donors (Lipinski definition) is 1. The van der Waals surface area contributed by atoms with Gasteiger partial charge in [0.25, 0.3) is 0 Å². The Kier molecular flexibility index (Phi) is 7.70. The highest BCUT2D eigenvalue weighted by Crippen LogP contribution is 2.19. The molecule has 0 saturated carbocycles. The Morgan fingerprint density at radius 3 is 2.53 bits per heavy atom. The number of benzene rings is 1. The molecule has 1 unspecified atom stereocenters. The quantitative estimate of drug-likeness (QED) is 0.702. The molecule has 1 aliphatic rings. The zero-order chi connectivity index (χ0) is 21.7. The van der Waals surface area contributed by atoms with Gasteiger partial charge in [-0.15, -0.1) is 0 Å². The van der Waals surface area contributed by atoms with Crippen molar-refractivity contribution in [2.45, 2.75) is 86.0 Å². The molecule has 0 aliphatic carbocycles. The summed E-state index contributed by atoms with van der Waals surface area (Å²) in [4.78, 5) is 15.1. The van der Waals surface area contributed by atoms with Crippen molar-refractivity contribution in [1.82, 2.24) is 20.0 Å². The number of nitrogens with zero attached hydrogens (tertiary/aromatic N) is 3. The number of likely N-dealkylation sites (tertiary alicyclic amines) is 1. The van der Waals surface area contributed by atoms with Crippen LogP contribution in [0, 0.1) is 19.8 Å². The van der Waals surface area contributed by atoms with Crippen LogP contribution in [0.15, 0.2) is 24.3 Å². The van der Waals surface area contributed by atoms with Crippen LogP contribution in [-0.2, 0) is 30.8 Å². The number of carbonyl (C=O) groups excluding carboxylic acids is 1. The predicted octanol–water partition coefficient (Wildman–Crippen LogP) is 4.39.